The van der Waals surface area contributed by atoms with E-state index in [-0.39, 0.29) is 24.8 Å². The SMILES string of the molecule is COC(=O)CCCN(CCO)CC1CC2c3ccccc3Cc3ccccc3C2O1. The lowest BCUT2D eigenvalue weighted by Gasteiger charge is -2.25. The molecule has 30 heavy (non-hydrogen) atoms. The summed E-state index contributed by atoms with van der Waals surface area (Å²) in [4.78, 5) is 13.6. The molecule has 0 bridgehead atoms. The van der Waals surface area contributed by atoms with Crippen molar-refractivity contribution in [2.45, 2.75) is 43.8 Å². The second kappa shape index (κ2) is 9.73. The Labute approximate surface area is 178 Å². The summed E-state index contributed by atoms with van der Waals surface area (Å²) in [5.74, 6) is 0.160. The third kappa shape index (κ3) is 4.59. The number of nitrogens with zero attached hydrogens (tertiary/aromatic N) is 1. The molecule has 5 heteroatoms. The first-order chi connectivity index (χ1) is 14.7. The van der Waals surface area contributed by atoms with E-state index in [0.717, 1.165) is 32.4 Å². The predicted octanol–water partition coefficient (Wildman–Crippen LogP) is 3.45. The fourth-order valence-electron chi connectivity index (χ4n) is 4.97. The number of carbonyl (C=O) groups excluding carboxylic acids is 1. The first-order valence-corrected chi connectivity index (χ1v) is 10.9. The number of carbonyl (C=O) groups is 1. The van der Waals surface area contributed by atoms with E-state index in [0.29, 0.717) is 18.9 Å². The summed E-state index contributed by atoms with van der Waals surface area (Å²) in [5, 5.41) is 9.50. The maximum Gasteiger partial charge on any atom is 0.305 e. The number of methoxy groups -OCH3 is 1. The molecule has 1 aliphatic heterocycles. The van der Waals surface area contributed by atoms with Gasteiger partial charge in [-0.1, -0.05) is 48.5 Å². The molecule has 0 saturated carbocycles. The van der Waals surface area contributed by atoms with E-state index >= 15 is 0 Å². The van der Waals surface area contributed by atoms with Gasteiger partial charge >= 0.3 is 5.97 Å². The lowest BCUT2D eigenvalue weighted by molar-refractivity contribution is -0.140. The Morgan fingerprint density at radius 2 is 1.80 bits per heavy atom. The first-order valence-electron chi connectivity index (χ1n) is 10.9. The van der Waals surface area contributed by atoms with Crippen molar-refractivity contribution in [2.24, 2.45) is 0 Å². The minimum Gasteiger partial charge on any atom is -0.469 e. The van der Waals surface area contributed by atoms with Gasteiger partial charge in [0.25, 0.3) is 0 Å². The van der Waals surface area contributed by atoms with Gasteiger partial charge in [-0.25, -0.2) is 0 Å². The molecule has 0 spiro atoms. The Balaban J connectivity index is 1.50. The molecule has 160 valence electrons. The first kappa shape index (κ1) is 21.0. The Morgan fingerprint density at radius 1 is 1.10 bits per heavy atom. The van der Waals surface area contributed by atoms with Gasteiger partial charge in [-0.05, 0) is 48.1 Å². The van der Waals surface area contributed by atoms with E-state index in [9.17, 15) is 9.90 Å². The van der Waals surface area contributed by atoms with Gasteiger partial charge in [-0.3, -0.25) is 9.69 Å². The van der Waals surface area contributed by atoms with E-state index in [4.69, 9.17) is 9.47 Å². The summed E-state index contributed by atoms with van der Waals surface area (Å²) in [6.07, 6.45) is 3.21. The van der Waals surface area contributed by atoms with E-state index in [1.165, 1.54) is 29.4 Å². The van der Waals surface area contributed by atoms with Crippen molar-refractivity contribution in [3.05, 3.63) is 70.8 Å². The molecule has 1 aliphatic carbocycles. The van der Waals surface area contributed by atoms with Crippen LogP contribution in [0.5, 0.6) is 0 Å². The van der Waals surface area contributed by atoms with Crippen LogP contribution < -0.4 is 0 Å². The van der Waals surface area contributed by atoms with Crippen LogP contribution in [0.1, 0.15) is 53.5 Å². The van der Waals surface area contributed by atoms with Crippen LogP contribution in [-0.2, 0) is 20.7 Å². The number of aliphatic hydroxyl groups is 1. The van der Waals surface area contributed by atoms with Crippen LogP contribution in [0.15, 0.2) is 48.5 Å². The number of ether oxygens (including phenoxy) is 2. The maximum atomic E-state index is 11.4. The second-order valence-electron chi connectivity index (χ2n) is 8.30. The molecule has 3 atom stereocenters. The highest BCUT2D eigenvalue weighted by Gasteiger charge is 2.40. The fraction of sp³-hybridized carbons (Fsp3) is 0.480. The highest BCUT2D eigenvalue weighted by molar-refractivity contribution is 5.69. The minimum atomic E-state index is -0.188. The molecule has 2 aromatic rings. The van der Waals surface area contributed by atoms with Gasteiger partial charge in [0.2, 0.25) is 0 Å². The number of hydrogen-bond acceptors (Lipinski definition) is 5. The molecule has 1 N–H and O–H groups in total. The molecule has 1 saturated heterocycles. The Hall–Kier alpha value is -2.21. The second-order valence-corrected chi connectivity index (χ2v) is 8.30. The van der Waals surface area contributed by atoms with Crippen molar-refractivity contribution in [3.8, 4) is 0 Å². The standard InChI is InChI=1S/C25H31NO4/c1-29-24(28)11-6-12-26(13-14-27)17-20-16-23-21-9-4-2-7-18(21)15-19-8-3-5-10-22(19)25(23)30-20/h2-5,7-10,20,23,25,27H,6,11-17H2,1H3. The Bertz CT molecular complexity index is 814. The van der Waals surface area contributed by atoms with Crippen LogP contribution in [0.3, 0.4) is 0 Å². The zero-order valence-corrected chi connectivity index (χ0v) is 17.6. The third-order valence-electron chi connectivity index (χ3n) is 6.38. The van der Waals surface area contributed by atoms with E-state index in [2.05, 4.69) is 53.4 Å². The smallest absolute Gasteiger partial charge is 0.305 e. The van der Waals surface area contributed by atoms with Crippen LogP contribution in [0.4, 0.5) is 0 Å². The van der Waals surface area contributed by atoms with Crippen LogP contribution in [0.25, 0.3) is 0 Å². The van der Waals surface area contributed by atoms with Gasteiger partial charge in [0.05, 0.1) is 25.9 Å². The molecule has 0 radical (unpaired) electrons. The summed E-state index contributed by atoms with van der Waals surface area (Å²) >= 11 is 0. The quantitative estimate of drug-likeness (QED) is 0.677. The highest BCUT2D eigenvalue weighted by atomic mass is 16.5. The molecule has 2 aliphatic rings. The molecule has 0 aromatic heterocycles. The van der Waals surface area contributed by atoms with Gasteiger partial charge in [0.1, 0.15) is 0 Å². The summed E-state index contributed by atoms with van der Waals surface area (Å²) in [6.45, 7) is 2.20. The largest absolute Gasteiger partial charge is 0.469 e. The maximum absolute atomic E-state index is 11.4. The molecule has 3 unspecified atom stereocenters. The van der Waals surface area contributed by atoms with Gasteiger partial charge in [-0.2, -0.15) is 0 Å². The number of esters is 1. The van der Waals surface area contributed by atoms with E-state index in [1.807, 2.05) is 0 Å². The summed E-state index contributed by atoms with van der Waals surface area (Å²) in [5.41, 5.74) is 5.46. The van der Waals surface area contributed by atoms with Gasteiger partial charge in [0.15, 0.2) is 0 Å². The molecule has 5 nitrogen and oxygen atoms in total. The lowest BCUT2D eigenvalue weighted by atomic mass is 9.87. The average molecular weight is 410 g/mol. The van der Waals surface area contributed by atoms with Gasteiger partial charge < -0.3 is 14.6 Å². The van der Waals surface area contributed by atoms with Gasteiger partial charge in [-0.15, -0.1) is 0 Å². The van der Waals surface area contributed by atoms with Crippen molar-refractivity contribution in [1.82, 2.24) is 4.90 Å². The molecule has 2 aromatic carbocycles. The average Bonchev–Trinajstić information content (AvgIpc) is 3.12. The number of rotatable bonds is 8. The number of benzene rings is 2. The van der Waals surface area contributed by atoms with Crippen molar-refractivity contribution >= 4 is 5.97 Å². The summed E-state index contributed by atoms with van der Waals surface area (Å²) in [7, 11) is 1.42. The molecular weight excluding hydrogens is 378 g/mol. The third-order valence-corrected chi connectivity index (χ3v) is 6.38. The number of hydrogen-bond donors (Lipinski definition) is 1. The van der Waals surface area contributed by atoms with Crippen molar-refractivity contribution in [2.75, 3.05) is 33.4 Å². The molecule has 1 heterocycles. The zero-order valence-electron chi connectivity index (χ0n) is 17.6. The van der Waals surface area contributed by atoms with E-state index < -0.39 is 0 Å². The van der Waals surface area contributed by atoms with Crippen molar-refractivity contribution in [3.63, 3.8) is 0 Å². The fourth-order valence-corrected chi connectivity index (χ4v) is 4.97. The lowest BCUT2D eigenvalue weighted by Crippen LogP contribution is -2.35. The van der Waals surface area contributed by atoms with Gasteiger partial charge in [0, 0.05) is 25.4 Å². The van der Waals surface area contributed by atoms with Crippen molar-refractivity contribution < 1.29 is 19.4 Å². The van der Waals surface area contributed by atoms with Crippen LogP contribution >= 0.6 is 0 Å². The molecule has 0 amide bonds. The van der Waals surface area contributed by atoms with Crippen molar-refractivity contribution in [1.29, 1.82) is 0 Å². The monoisotopic (exact) mass is 409 g/mol. The normalized spacial score (nSPS) is 22.2. The number of fused-ring (bicyclic) bond motifs is 5. The number of aliphatic hydroxyl groups excluding tert-OH is 1. The van der Waals surface area contributed by atoms with Crippen LogP contribution in [0, 0.1) is 0 Å². The topological polar surface area (TPSA) is 59.0 Å². The Morgan fingerprint density at radius 3 is 2.53 bits per heavy atom. The Kier molecular flexibility index (Phi) is 6.82. The molecular formula is C25H31NO4. The minimum absolute atomic E-state index is 0.0703. The van der Waals surface area contributed by atoms with Crippen LogP contribution in [-0.4, -0.2) is 55.4 Å². The zero-order chi connectivity index (χ0) is 20.9. The van der Waals surface area contributed by atoms with Crippen LogP contribution in [0.2, 0.25) is 0 Å². The summed E-state index contributed by atoms with van der Waals surface area (Å²) < 4.78 is 11.4. The van der Waals surface area contributed by atoms with E-state index in [1.54, 1.807) is 0 Å². The highest BCUT2D eigenvalue weighted by Crippen LogP contribution is 2.49. The molecule has 1 fully saturated rings. The predicted molar refractivity (Wildman–Crippen MR) is 115 cm³/mol. The summed E-state index contributed by atoms with van der Waals surface area (Å²) in [6, 6.07) is 17.4. The molecule has 4 rings (SSSR count).